The molecule has 1 fully saturated rings. The summed E-state index contributed by atoms with van der Waals surface area (Å²) in [5.41, 5.74) is 0.923. The quantitative estimate of drug-likeness (QED) is 0.898. The second-order valence-corrected chi connectivity index (χ2v) is 5.68. The number of nitrogens with one attached hydrogen (secondary N) is 1. The van der Waals surface area contributed by atoms with Crippen LogP contribution in [0.4, 0.5) is 4.39 Å². The van der Waals surface area contributed by atoms with Crippen molar-refractivity contribution in [1.82, 2.24) is 10.2 Å². The van der Waals surface area contributed by atoms with E-state index in [1.165, 1.54) is 25.0 Å². The molecule has 1 amide bonds. The van der Waals surface area contributed by atoms with Gasteiger partial charge in [0.1, 0.15) is 5.82 Å². The van der Waals surface area contributed by atoms with Crippen LogP contribution in [-0.2, 0) is 11.3 Å². The van der Waals surface area contributed by atoms with Gasteiger partial charge in [0.2, 0.25) is 5.91 Å². The first-order valence-corrected chi connectivity index (χ1v) is 7.37. The summed E-state index contributed by atoms with van der Waals surface area (Å²) >= 11 is 0. The number of carbonyl (C=O) groups excluding carboxylic acids is 1. The number of halogens is 1. The van der Waals surface area contributed by atoms with E-state index < -0.39 is 0 Å². The Balaban J connectivity index is 1.64. The van der Waals surface area contributed by atoms with E-state index >= 15 is 0 Å². The van der Waals surface area contributed by atoms with Crippen LogP contribution in [0, 0.1) is 11.7 Å². The molecule has 0 aromatic heterocycles. The summed E-state index contributed by atoms with van der Waals surface area (Å²) < 4.78 is 12.7. The lowest BCUT2D eigenvalue weighted by molar-refractivity contribution is -0.121. The molecule has 0 spiro atoms. The minimum absolute atomic E-state index is 0.0629. The van der Waals surface area contributed by atoms with E-state index in [1.54, 1.807) is 12.1 Å². The summed E-state index contributed by atoms with van der Waals surface area (Å²) in [5.74, 6) is 0.630. The molecule has 1 aliphatic heterocycles. The number of nitrogens with zero attached hydrogens (tertiary/aromatic N) is 1. The van der Waals surface area contributed by atoms with Gasteiger partial charge in [0, 0.05) is 19.5 Å². The van der Waals surface area contributed by atoms with E-state index in [0.717, 1.165) is 31.1 Å². The zero-order chi connectivity index (χ0) is 14.4. The summed E-state index contributed by atoms with van der Waals surface area (Å²) in [5, 5.41) is 2.88. The van der Waals surface area contributed by atoms with E-state index in [2.05, 4.69) is 17.1 Å². The van der Waals surface area contributed by atoms with Crippen LogP contribution in [0.3, 0.4) is 0 Å². The zero-order valence-electron chi connectivity index (χ0n) is 12.1. The maximum Gasteiger partial charge on any atom is 0.221 e. The molecule has 110 valence electrons. The molecule has 0 unspecified atom stereocenters. The van der Waals surface area contributed by atoms with Crippen molar-refractivity contribution in [3.63, 3.8) is 0 Å². The summed E-state index contributed by atoms with van der Waals surface area (Å²) in [6.07, 6.45) is 3.00. The number of hydrogen-bond acceptors (Lipinski definition) is 2. The van der Waals surface area contributed by atoms with Gasteiger partial charge in [-0.25, -0.2) is 4.39 Å². The molecular weight excluding hydrogens is 255 g/mol. The Bertz CT molecular complexity index is 425. The van der Waals surface area contributed by atoms with Crippen molar-refractivity contribution in [3.05, 3.63) is 35.6 Å². The largest absolute Gasteiger partial charge is 0.352 e. The molecule has 1 aliphatic rings. The predicted molar refractivity (Wildman–Crippen MR) is 77.7 cm³/mol. The lowest BCUT2D eigenvalue weighted by Crippen LogP contribution is -2.36. The molecule has 20 heavy (non-hydrogen) atoms. The number of benzene rings is 1. The first-order valence-electron chi connectivity index (χ1n) is 7.37. The van der Waals surface area contributed by atoms with Gasteiger partial charge in [-0.15, -0.1) is 0 Å². The summed E-state index contributed by atoms with van der Waals surface area (Å²) in [4.78, 5) is 14.1. The van der Waals surface area contributed by atoms with Crippen LogP contribution < -0.4 is 5.32 Å². The number of hydrogen-bond donors (Lipinski definition) is 1. The second-order valence-electron chi connectivity index (χ2n) is 5.68. The Morgan fingerprint density at radius 1 is 1.30 bits per heavy atom. The number of piperidine rings is 1. The molecule has 1 aromatic carbocycles. The molecule has 0 bridgehead atoms. The van der Waals surface area contributed by atoms with Crippen molar-refractivity contribution in [2.75, 3.05) is 19.6 Å². The highest BCUT2D eigenvalue weighted by Gasteiger charge is 2.16. The van der Waals surface area contributed by atoms with Crippen LogP contribution in [-0.4, -0.2) is 30.4 Å². The summed E-state index contributed by atoms with van der Waals surface area (Å²) in [6, 6.07) is 6.22. The summed E-state index contributed by atoms with van der Waals surface area (Å²) in [7, 11) is 0. The van der Waals surface area contributed by atoms with E-state index in [0.29, 0.717) is 13.0 Å². The average Bonchev–Trinajstić information content (AvgIpc) is 2.46. The molecule has 4 heteroatoms. The zero-order valence-corrected chi connectivity index (χ0v) is 12.1. The van der Waals surface area contributed by atoms with Crippen LogP contribution >= 0.6 is 0 Å². The summed E-state index contributed by atoms with van der Waals surface area (Å²) in [6.45, 7) is 5.80. The van der Waals surface area contributed by atoms with E-state index in [4.69, 9.17) is 0 Å². The van der Waals surface area contributed by atoms with Crippen LogP contribution in [0.1, 0.15) is 31.7 Å². The molecule has 2 rings (SSSR count). The van der Waals surface area contributed by atoms with Crippen molar-refractivity contribution in [2.45, 2.75) is 32.7 Å². The van der Waals surface area contributed by atoms with Gasteiger partial charge in [-0.05, 0) is 49.5 Å². The molecule has 3 nitrogen and oxygen atoms in total. The standard InChI is InChI=1S/C16H23FN2O/c1-13-6-9-19(10-7-13)11-8-16(20)18-12-14-2-4-15(17)5-3-14/h2-5,13H,6-12H2,1H3,(H,18,20). The van der Waals surface area contributed by atoms with Crippen molar-refractivity contribution < 1.29 is 9.18 Å². The Kier molecular flexibility index (Phi) is 5.53. The molecule has 1 aromatic rings. The van der Waals surface area contributed by atoms with E-state index in [-0.39, 0.29) is 11.7 Å². The number of likely N-dealkylation sites (tertiary alicyclic amines) is 1. The average molecular weight is 278 g/mol. The number of amides is 1. The van der Waals surface area contributed by atoms with Crippen LogP contribution in [0.2, 0.25) is 0 Å². The lowest BCUT2D eigenvalue weighted by Gasteiger charge is -2.29. The minimum Gasteiger partial charge on any atom is -0.352 e. The van der Waals surface area contributed by atoms with Crippen LogP contribution in [0.5, 0.6) is 0 Å². The van der Waals surface area contributed by atoms with Gasteiger partial charge in [0.25, 0.3) is 0 Å². The van der Waals surface area contributed by atoms with Crippen LogP contribution in [0.15, 0.2) is 24.3 Å². The Morgan fingerprint density at radius 2 is 1.95 bits per heavy atom. The molecule has 1 heterocycles. The van der Waals surface area contributed by atoms with Crippen molar-refractivity contribution in [2.24, 2.45) is 5.92 Å². The van der Waals surface area contributed by atoms with Gasteiger partial charge in [0.05, 0.1) is 0 Å². The van der Waals surface area contributed by atoms with Gasteiger partial charge in [-0.2, -0.15) is 0 Å². The Hall–Kier alpha value is -1.42. The van der Waals surface area contributed by atoms with E-state index in [1.807, 2.05) is 0 Å². The molecule has 0 atom stereocenters. The highest BCUT2D eigenvalue weighted by atomic mass is 19.1. The van der Waals surface area contributed by atoms with Gasteiger partial charge in [0.15, 0.2) is 0 Å². The SMILES string of the molecule is CC1CCN(CCC(=O)NCc2ccc(F)cc2)CC1. The highest BCUT2D eigenvalue weighted by molar-refractivity contribution is 5.76. The molecule has 1 N–H and O–H groups in total. The maximum absolute atomic E-state index is 12.7. The number of carbonyl (C=O) groups is 1. The normalized spacial score (nSPS) is 17.1. The minimum atomic E-state index is -0.251. The molecule has 0 radical (unpaired) electrons. The van der Waals surface area contributed by atoms with Crippen molar-refractivity contribution >= 4 is 5.91 Å². The molecule has 1 saturated heterocycles. The van der Waals surface area contributed by atoms with Crippen molar-refractivity contribution in [3.8, 4) is 0 Å². The Morgan fingerprint density at radius 3 is 2.60 bits per heavy atom. The smallest absolute Gasteiger partial charge is 0.221 e. The first kappa shape index (κ1) is 15.0. The molecular formula is C16H23FN2O. The topological polar surface area (TPSA) is 32.3 Å². The maximum atomic E-state index is 12.7. The van der Waals surface area contributed by atoms with Crippen LogP contribution in [0.25, 0.3) is 0 Å². The van der Waals surface area contributed by atoms with Gasteiger partial charge >= 0.3 is 0 Å². The Labute approximate surface area is 120 Å². The molecule has 0 saturated carbocycles. The van der Waals surface area contributed by atoms with Gasteiger partial charge in [-0.3, -0.25) is 4.79 Å². The first-order chi connectivity index (χ1) is 9.63. The third-order valence-corrected chi connectivity index (χ3v) is 3.93. The van der Waals surface area contributed by atoms with Gasteiger partial charge in [-0.1, -0.05) is 19.1 Å². The fourth-order valence-corrected chi connectivity index (χ4v) is 2.44. The van der Waals surface area contributed by atoms with E-state index in [9.17, 15) is 9.18 Å². The fourth-order valence-electron chi connectivity index (χ4n) is 2.44. The number of rotatable bonds is 5. The van der Waals surface area contributed by atoms with Gasteiger partial charge < -0.3 is 10.2 Å². The third-order valence-electron chi connectivity index (χ3n) is 3.93. The second kappa shape index (κ2) is 7.39. The lowest BCUT2D eigenvalue weighted by atomic mass is 9.99. The predicted octanol–water partition coefficient (Wildman–Crippen LogP) is 2.56. The highest BCUT2D eigenvalue weighted by Crippen LogP contribution is 2.15. The third kappa shape index (κ3) is 4.93. The molecule has 0 aliphatic carbocycles. The fraction of sp³-hybridized carbons (Fsp3) is 0.562. The monoisotopic (exact) mass is 278 g/mol. The van der Waals surface area contributed by atoms with Crippen molar-refractivity contribution in [1.29, 1.82) is 0 Å².